The third-order valence-electron chi connectivity index (χ3n) is 4.53. The van der Waals surface area contributed by atoms with Gasteiger partial charge in [-0.05, 0) is 37.1 Å². The number of carbonyl (C=O) groups is 4. The van der Waals surface area contributed by atoms with Gasteiger partial charge in [-0.15, -0.1) is 0 Å². The highest BCUT2D eigenvalue weighted by molar-refractivity contribution is 8.26. The summed E-state index contributed by atoms with van der Waals surface area (Å²) in [6, 6.07) is 4.02. The lowest BCUT2D eigenvalue weighted by Gasteiger charge is -2.16. The number of carboxylic acid groups (broad SMARTS) is 1. The maximum atomic E-state index is 12.8. The number of primary amides is 1. The van der Waals surface area contributed by atoms with E-state index in [1.54, 1.807) is 24.3 Å². The number of nitrogens with zero attached hydrogens (tertiary/aromatic N) is 1. The second-order valence-corrected chi connectivity index (χ2v) is 8.57. The van der Waals surface area contributed by atoms with Gasteiger partial charge < -0.3 is 25.6 Å². The number of nitrogens with one attached hydrogen (secondary N) is 1. The molecule has 0 aromatic heterocycles. The van der Waals surface area contributed by atoms with Crippen molar-refractivity contribution in [2.75, 3.05) is 20.3 Å². The molecule has 12 heteroatoms. The number of nitrogens with two attached hydrogens (primary N) is 1. The maximum Gasteiger partial charge on any atom is 0.326 e. The van der Waals surface area contributed by atoms with E-state index >= 15 is 0 Å². The van der Waals surface area contributed by atoms with Gasteiger partial charge in [-0.25, -0.2) is 4.79 Å². The monoisotopic (exact) mass is 495 g/mol. The molecule has 33 heavy (non-hydrogen) atoms. The van der Waals surface area contributed by atoms with E-state index in [0.29, 0.717) is 32.9 Å². The van der Waals surface area contributed by atoms with Gasteiger partial charge in [-0.3, -0.25) is 19.3 Å². The molecule has 0 radical (unpaired) electrons. The van der Waals surface area contributed by atoms with Crippen LogP contribution in [0.5, 0.6) is 11.5 Å². The fourth-order valence-electron chi connectivity index (χ4n) is 2.92. The Morgan fingerprint density at radius 2 is 2.03 bits per heavy atom. The molecule has 1 aliphatic rings. The van der Waals surface area contributed by atoms with Crippen LogP contribution in [0.1, 0.15) is 31.7 Å². The summed E-state index contributed by atoms with van der Waals surface area (Å²) in [5, 5.41) is 11.5. The summed E-state index contributed by atoms with van der Waals surface area (Å²) in [4.78, 5) is 48.8. The number of thioether (sulfide) groups is 1. The Kier molecular flexibility index (Phi) is 9.67. The van der Waals surface area contributed by atoms with Gasteiger partial charge in [0, 0.05) is 19.4 Å². The Bertz CT molecular complexity index is 981. The molecule has 1 fully saturated rings. The topological polar surface area (TPSA) is 148 Å². The number of aliphatic carboxylic acids is 1. The largest absolute Gasteiger partial charge is 0.493 e. The molecule has 1 saturated heterocycles. The second-order valence-electron chi connectivity index (χ2n) is 6.89. The molecule has 1 aliphatic heterocycles. The van der Waals surface area contributed by atoms with E-state index in [4.69, 9.17) is 27.4 Å². The predicted octanol–water partition coefficient (Wildman–Crippen LogP) is 1.52. The van der Waals surface area contributed by atoms with Crippen molar-refractivity contribution in [3.63, 3.8) is 0 Å². The van der Waals surface area contributed by atoms with Gasteiger partial charge in [0.1, 0.15) is 10.4 Å². The summed E-state index contributed by atoms with van der Waals surface area (Å²) >= 11 is 6.38. The Morgan fingerprint density at radius 1 is 1.30 bits per heavy atom. The van der Waals surface area contributed by atoms with E-state index in [9.17, 15) is 24.3 Å². The van der Waals surface area contributed by atoms with Crippen molar-refractivity contribution in [3.8, 4) is 11.5 Å². The van der Waals surface area contributed by atoms with Gasteiger partial charge in [0.05, 0.1) is 18.6 Å². The van der Waals surface area contributed by atoms with Crippen molar-refractivity contribution in [1.29, 1.82) is 0 Å². The van der Waals surface area contributed by atoms with E-state index in [-0.39, 0.29) is 31.7 Å². The predicted molar refractivity (Wildman–Crippen MR) is 127 cm³/mol. The van der Waals surface area contributed by atoms with Gasteiger partial charge >= 0.3 is 5.97 Å². The van der Waals surface area contributed by atoms with Crippen LogP contribution in [0, 0.1) is 0 Å². The average molecular weight is 496 g/mol. The minimum Gasteiger partial charge on any atom is -0.493 e. The van der Waals surface area contributed by atoms with Gasteiger partial charge in [0.15, 0.2) is 11.5 Å². The summed E-state index contributed by atoms with van der Waals surface area (Å²) < 4.78 is 11.1. The Morgan fingerprint density at radius 3 is 2.64 bits per heavy atom. The highest BCUT2D eigenvalue weighted by Gasteiger charge is 2.32. The zero-order chi connectivity index (χ0) is 24.5. The minimum absolute atomic E-state index is 0.0113. The molecule has 4 N–H and O–H groups in total. The molecule has 1 heterocycles. The normalized spacial score (nSPS) is 15.5. The number of hydrogen-bond donors (Lipinski definition) is 3. The number of rotatable bonds is 12. The summed E-state index contributed by atoms with van der Waals surface area (Å²) in [6.45, 7) is 2.34. The van der Waals surface area contributed by atoms with Crippen LogP contribution in [0.4, 0.5) is 0 Å². The quantitative estimate of drug-likeness (QED) is 0.290. The van der Waals surface area contributed by atoms with Crippen LogP contribution in [0.15, 0.2) is 23.1 Å². The van der Waals surface area contributed by atoms with Gasteiger partial charge in [0.25, 0.3) is 5.91 Å². The number of thiocarbonyl (C=S) groups is 1. The summed E-state index contributed by atoms with van der Waals surface area (Å²) in [7, 11) is 1.52. The van der Waals surface area contributed by atoms with E-state index in [0.717, 1.165) is 11.8 Å². The first-order valence-corrected chi connectivity index (χ1v) is 11.2. The highest BCUT2D eigenvalue weighted by Crippen LogP contribution is 2.34. The number of carbonyl (C=O) groups excluding carboxylic acids is 3. The minimum atomic E-state index is -1.27. The Labute approximate surface area is 200 Å². The van der Waals surface area contributed by atoms with E-state index in [1.165, 1.54) is 12.0 Å². The van der Waals surface area contributed by atoms with Crippen LogP contribution in [-0.4, -0.2) is 64.3 Å². The smallest absolute Gasteiger partial charge is 0.326 e. The molecule has 0 saturated carbocycles. The molecule has 1 aromatic carbocycles. The lowest BCUT2D eigenvalue weighted by Crippen LogP contribution is -2.42. The first-order valence-electron chi connectivity index (χ1n) is 10.0. The number of hydrogen-bond acceptors (Lipinski definition) is 8. The molecule has 0 aliphatic carbocycles. The molecule has 0 spiro atoms. The summed E-state index contributed by atoms with van der Waals surface area (Å²) in [5.41, 5.74) is 5.74. The number of benzene rings is 1. The summed E-state index contributed by atoms with van der Waals surface area (Å²) in [6.07, 6.45) is 1.22. The van der Waals surface area contributed by atoms with Crippen molar-refractivity contribution < 1.29 is 33.8 Å². The van der Waals surface area contributed by atoms with E-state index < -0.39 is 23.8 Å². The third kappa shape index (κ3) is 7.46. The van der Waals surface area contributed by atoms with Crippen molar-refractivity contribution in [2.24, 2.45) is 5.73 Å². The van der Waals surface area contributed by atoms with Crippen molar-refractivity contribution >= 4 is 58.1 Å². The first kappa shape index (κ1) is 26.1. The van der Waals surface area contributed by atoms with Crippen molar-refractivity contribution in [2.45, 2.75) is 32.2 Å². The van der Waals surface area contributed by atoms with Gasteiger partial charge in [-0.1, -0.05) is 30.0 Å². The van der Waals surface area contributed by atoms with Crippen LogP contribution in [0.25, 0.3) is 6.08 Å². The highest BCUT2D eigenvalue weighted by atomic mass is 32.2. The van der Waals surface area contributed by atoms with Crippen LogP contribution in [0.2, 0.25) is 0 Å². The fraction of sp³-hybridized carbons (Fsp3) is 0.381. The molecular formula is C21H25N3O7S2. The number of ether oxygens (including phenoxy) is 2. The molecule has 0 bridgehead atoms. The average Bonchev–Trinajstić information content (AvgIpc) is 3.02. The molecule has 178 valence electrons. The lowest BCUT2D eigenvalue weighted by molar-refractivity contribution is -0.142. The van der Waals surface area contributed by atoms with Crippen LogP contribution < -0.4 is 20.5 Å². The number of amides is 3. The first-order chi connectivity index (χ1) is 15.7. The Balaban J connectivity index is 2.01. The zero-order valence-electron chi connectivity index (χ0n) is 18.2. The van der Waals surface area contributed by atoms with Gasteiger partial charge in [0.2, 0.25) is 11.8 Å². The van der Waals surface area contributed by atoms with Crippen LogP contribution in [0.3, 0.4) is 0 Å². The van der Waals surface area contributed by atoms with Crippen LogP contribution in [-0.2, 0) is 19.2 Å². The van der Waals surface area contributed by atoms with E-state index in [1.807, 2.05) is 6.92 Å². The molecule has 1 aromatic rings. The Hall–Kier alpha value is -3.12. The zero-order valence-corrected chi connectivity index (χ0v) is 19.8. The number of methoxy groups -OCH3 is 1. The second kappa shape index (κ2) is 12.2. The van der Waals surface area contributed by atoms with Gasteiger partial charge in [-0.2, -0.15) is 0 Å². The van der Waals surface area contributed by atoms with Crippen molar-refractivity contribution in [3.05, 3.63) is 28.7 Å². The standard InChI is InChI=1S/C21H25N3O7S2/c1-3-31-14-6-4-12(10-15(14)30-2)11-16-19(27)24(21(32)33-16)9-8-18(26)23-13(20(28)29)5-7-17(22)25/h4,6,10-11,13H,3,5,7-9H2,1-2H3,(H2,22,25)(H,23,26)(H,28,29)/b16-11-. The SMILES string of the molecule is CCOc1ccc(/C=C2\SC(=S)N(CCC(=O)NC(CCC(N)=O)C(=O)O)C2=O)cc1OC. The molecule has 1 atom stereocenters. The van der Waals surface area contributed by atoms with Crippen molar-refractivity contribution in [1.82, 2.24) is 10.2 Å². The maximum absolute atomic E-state index is 12.8. The van der Waals surface area contributed by atoms with Crippen LogP contribution >= 0.6 is 24.0 Å². The fourth-order valence-corrected chi connectivity index (χ4v) is 4.23. The molecule has 3 amide bonds. The third-order valence-corrected chi connectivity index (χ3v) is 5.91. The summed E-state index contributed by atoms with van der Waals surface area (Å²) in [5.74, 6) is -1.75. The molecule has 1 unspecified atom stereocenters. The van der Waals surface area contributed by atoms with E-state index in [2.05, 4.69) is 5.32 Å². The molecule has 2 rings (SSSR count). The molecule has 10 nitrogen and oxygen atoms in total. The molecular weight excluding hydrogens is 470 g/mol. The number of carboxylic acids is 1. The lowest BCUT2D eigenvalue weighted by atomic mass is 10.1.